The van der Waals surface area contributed by atoms with E-state index in [1.54, 1.807) is 0 Å². The average molecular weight is 492 g/mol. The molecule has 0 saturated carbocycles. The van der Waals surface area contributed by atoms with Gasteiger partial charge in [0, 0.05) is 0 Å². The van der Waals surface area contributed by atoms with Crippen molar-refractivity contribution in [3.8, 4) is 0 Å². The molecule has 0 amide bonds. The van der Waals surface area contributed by atoms with Crippen LogP contribution in [0.15, 0.2) is 11.8 Å². The van der Waals surface area contributed by atoms with Crippen molar-refractivity contribution in [2.45, 2.75) is 13.8 Å². The van der Waals surface area contributed by atoms with E-state index < -0.39 is 0 Å². The van der Waals surface area contributed by atoms with Crippen LogP contribution in [0.1, 0.15) is 13.8 Å². The zero-order chi connectivity index (χ0) is 8.69. The monoisotopic (exact) mass is 492 g/mol. The third kappa shape index (κ3) is 7.03. The van der Waals surface area contributed by atoms with Gasteiger partial charge in [-0.1, -0.05) is 0 Å². The minimum atomic E-state index is 0.609. The molecule has 0 aliphatic heterocycles. The van der Waals surface area contributed by atoms with Gasteiger partial charge in [-0.15, -0.1) is 0 Å². The maximum atomic E-state index is 5.50. The zero-order valence-electron chi connectivity index (χ0n) is 6.74. The summed E-state index contributed by atoms with van der Waals surface area (Å²) in [5.74, 6) is 1.63. The third-order valence-corrected chi connectivity index (χ3v) is 2.26. The standard InChI is InChI=1S/C8H12O.2W/c1-5-8(4)9-6-7(2)3;;/h1,4-5,7H,6H2,2-3H3;;. The molecular weight excluding hydrogens is 480 g/mol. The third-order valence-electron chi connectivity index (χ3n) is 0.932. The summed E-state index contributed by atoms with van der Waals surface area (Å²) in [6.07, 6.45) is 2.03. The zero-order valence-corrected chi connectivity index (χ0v) is 12.6. The van der Waals surface area contributed by atoms with Crippen LogP contribution >= 0.6 is 0 Å². The molecule has 0 aromatic carbocycles. The summed E-state index contributed by atoms with van der Waals surface area (Å²) in [5, 5.41) is 0. The van der Waals surface area contributed by atoms with Crippen LogP contribution in [-0.2, 0) is 43.4 Å². The predicted molar refractivity (Wildman–Crippen MR) is 41.0 cm³/mol. The number of ether oxygens (including phenoxy) is 1. The Morgan fingerprint density at radius 2 is 2.09 bits per heavy atom. The number of hydrogen-bond donors (Lipinski definition) is 0. The number of hydrogen-bond acceptors (Lipinski definition) is 1. The molecule has 0 rings (SSSR count). The molecule has 1 nitrogen and oxygen atoms in total. The molecule has 0 spiro atoms. The Hall–Kier alpha value is 0.657. The Labute approximate surface area is 90.0 Å². The van der Waals surface area contributed by atoms with E-state index in [0.29, 0.717) is 5.92 Å². The summed E-state index contributed by atoms with van der Waals surface area (Å²) < 4.78 is 9.65. The van der Waals surface area contributed by atoms with E-state index in [2.05, 4.69) is 22.6 Å². The van der Waals surface area contributed by atoms with Gasteiger partial charge in [0.05, 0.1) is 0 Å². The fraction of sp³-hybridized carbons (Fsp3) is 0.500. The second-order valence-corrected chi connectivity index (χ2v) is 4.35. The predicted octanol–water partition coefficient (Wildman–Crippen LogP) is 1.24. The summed E-state index contributed by atoms with van der Waals surface area (Å²) in [6, 6.07) is 0. The van der Waals surface area contributed by atoms with Crippen LogP contribution in [0, 0.1) is 5.92 Å². The summed E-state index contributed by atoms with van der Waals surface area (Å²) in [7, 11) is 0. The Balaban J connectivity index is 3.79. The second kappa shape index (κ2) is 7.31. The van der Waals surface area contributed by atoms with Crippen molar-refractivity contribution in [2.24, 2.45) is 5.92 Å². The van der Waals surface area contributed by atoms with Gasteiger partial charge in [0.1, 0.15) is 0 Å². The van der Waals surface area contributed by atoms with Gasteiger partial charge in [-0.25, -0.2) is 0 Å². The Morgan fingerprint density at radius 3 is 2.45 bits per heavy atom. The van der Waals surface area contributed by atoms with Gasteiger partial charge in [-0.05, 0) is 0 Å². The Bertz CT molecular complexity index is 161. The summed E-state index contributed by atoms with van der Waals surface area (Å²) >= 11 is 2.90. The molecule has 0 heterocycles. The first-order valence-corrected chi connectivity index (χ1v) is 6.83. The van der Waals surface area contributed by atoms with Crippen molar-refractivity contribution in [1.82, 2.24) is 0 Å². The molecule has 3 heteroatoms. The number of allylic oxidation sites excluding steroid dienone is 2. The minimum absolute atomic E-state index is 0.609. The van der Waals surface area contributed by atoms with Gasteiger partial charge in [0.25, 0.3) is 0 Å². The molecule has 0 aromatic heterocycles. The van der Waals surface area contributed by atoms with Gasteiger partial charge in [-0.3, -0.25) is 0 Å². The van der Waals surface area contributed by atoms with Crippen LogP contribution in [0.4, 0.5) is 0 Å². The van der Waals surface area contributed by atoms with E-state index >= 15 is 0 Å². The van der Waals surface area contributed by atoms with E-state index in [9.17, 15) is 0 Å². The van der Waals surface area contributed by atoms with Gasteiger partial charge in [0.15, 0.2) is 0 Å². The van der Waals surface area contributed by atoms with Gasteiger partial charge in [0.2, 0.25) is 0 Å². The first-order chi connectivity index (χ1) is 5.20. The molecule has 11 heavy (non-hydrogen) atoms. The molecule has 0 aliphatic carbocycles. The fourth-order valence-corrected chi connectivity index (χ4v) is 1.46. The normalized spacial score (nSPS) is 11.4. The van der Waals surface area contributed by atoms with Crippen molar-refractivity contribution in [3.63, 3.8) is 0 Å². The number of rotatable bonds is 5. The molecule has 0 N–H and O–H groups in total. The van der Waals surface area contributed by atoms with Gasteiger partial charge < -0.3 is 0 Å². The Kier molecular flexibility index (Phi) is 7.75. The summed E-state index contributed by atoms with van der Waals surface area (Å²) in [5.41, 5.74) is 0. The van der Waals surface area contributed by atoms with Crippen molar-refractivity contribution >= 4 is 8.80 Å². The second-order valence-electron chi connectivity index (χ2n) is 2.53. The average Bonchev–Trinajstić information content (AvgIpc) is 1.97. The van der Waals surface area contributed by atoms with Crippen LogP contribution in [0.5, 0.6) is 0 Å². The first-order valence-electron chi connectivity index (χ1n) is 3.44. The van der Waals surface area contributed by atoms with E-state index in [0.717, 1.165) is 12.4 Å². The van der Waals surface area contributed by atoms with Gasteiger partial charge in [-0.2, -0.15) is 0 Å². The molecule has 0 radical (unpaired) electrons. The summed E-state index contributed by atoms with van der Waals surface area (Å²) in [6.45, 7) is 5.13. The van der Waals surface area contributed by atoms with E-state index in [-0.39, 0.29) is 0 Å². The molecule has 0 aromatic rings. The van der Waals surface area contributed by atoms with E-state index in [1.165, 1.54) is 38.7 Å². The van der Waals surface area contributed by atoms with Crippen molar-refractivity contribution in [1.29, 1.82) is 0 Å². The van der Waals surface area contributed by atoms with Gasteiger partial charge >= 0.3 is 90.5 Å². The van der Waals surface area contributed by atoms with Crippen molar-refractivity contribution in [2.75, 3.05) is 6.61 Å². The Morgan fingerprint density at radius 1 is 1.45 bits per heavy atom. The van der Waals surface area contributed by atoms with E-state index in [4.69, 9.17) is 4.74 Å². The van der Waals surface area contributed by atoms with Crippen molar-refractivity contribution in [3.05, 3.63) is 11.8 Å². The van der Waals surface area contributed by atoms with E-state index in [1.807, 2.05) is 6.08 Å². The topological polar surface area (TPSA) is 9.23 Å². The van der Waals surface area contributed by atoms with Crippen LogP contribution in [0.2, 0.25) is 0 Å². The van der Waals surface area contributed by atoms with Crippen LogP contribution < -0.4 is 0 Å². The van der Waals surface area contributed by atoms with Crippen LogP contribution in [0.25, 0.3) is 0 Å². The molecule has 0 aliphatic rings. The molecule has 0 atom stereocenters. The SMILES string of the molecule is CC(C)COC([CH]=[W])=C[CH]=[W]. The molecule has 0 saturated heterocycles. The maximum absolute atomic E-state index is 5.50. The molecule has 0 fully saturated rings. The fourth-order valence-electron chi connectivity index (χ4n) is 0.451. The van der Waals surface area contributed by atoms with Crippen LogP contribution in [0.3, 0.4) is 0 Å². The molecule has 62 valence electrons. The molecule has 0 unspecified atom stereocenters. The first kappa shape index (κ1) is 11.7. The quantitative estimate of drug-likeness (QED) is 0.526. The molecule has 0 bridgehead atoms. The summed E-state index contributed by atoms with van der Waals surface area (Å²) in [4.78, 5) is 0. The molecular formula is C8H12OW2. The van der Waals surface area contributed by atoms with Crippen LogP contribution in [-0.4, -0.2) is 15.4 Å². The van der Waals surface area contributed by atoms with Crippen molar-refractivity contribution < 1.29 is 43.4 Å².